The summed E-state index contributed by atoms with van der Waals surface area (Å²) in [5.41, 5.74) is 2.01. The molecule has 152 valence electrons. The van der Waals surface area contributed by atoms with Gasteiger partial charge in [-0.1, -0.05) is 24.3 Å². The van der Waals surface area contributed by atoms with E-state index in [-0.39, 0.29) is 11.8 Å². The number of pyridine rings is 1. The summed E-state index contributed by atoms with van der Waals surface area (Å²) in [6.07, 6.45) is 1.98. The number of ether oxygens (including phenoxy) is 2. The summed E-state index contributed by atoms with van der Waals surface area (Å²) in [5, 5.41) is 5.72. The van der Waals surface area contributed by atoms with Crippen LogP contribution in [0.4, 0.5) is 5.69 Å². The van der Waals surface area contributed by atoms with Crippen LogP contribution >= 0.6 is 0 Å². The molecular formula is C23H21N3O4. The number of hydrogen-bond acceptors (Lipinski definition) is 5. The first-order valence-electron chi connectivity index (χ1n) is 9.60. The standard InChI is InChI=1S/C23H21N3O4/c1-15-21(30-20-8-3-2-7-19(20)29-15)23(28)25-14-16-5-4-6-18(13-16)26-22(27)17-9-11-24-12-10-17/h2-13,15,21H,14H2,1H3,(H,25,28)(H,26,27). The lowest BCUT2D eigenvalue weighted by Crippen LogP contribution is -2.48. The second-order valence-corrected chi connectivity index (χ2v) is 6.92. The molecule has 3 aromatic rings. The summed E-state index contributed by atoms with van der Waals surface area (Å²) >= 11 is 0. The van der Waals surface area contributed by atoms with Gasteiger partial charge in [-0.25, -0.2) is 0 Å². The summed E-state index contributed by atoms with van der Waals surface area (Å²) in [4.78, 5) is 28.9. The van der Waals surface area contributed by atoms with Crippen molar-refractivity contribution in [2.75, 3.05) is 5.32 Å². The summed E-state index contributed by atoms with van der Waals surface area (Å²) in [6.45, 7) is 2.10. The smallest absolute Gasteiger partial charge is 0.265 e. The maximum absolute atomic E-state index is 12.6. The van der Waals surface area contributed by atoms with Gasteiger partial charge in [-0.15, -0.1) is 0 Å². The SMILES string of the molecule is CC1Oc2ccccc2OC1C(=O)NCc1cccc(NC(=O)c2ccncc2)c1. The molecule has 4 rings (SSSR count). The Labute approximate surface area is 174 Å². The van der Waals surface area contributed by atoms with Crippen molar-refractivity contribution >= 4 is 17.5 Å². The van der Waals surface area contributed by atoms with Gasteiger partial charge in [-0.2, -0.15) is 0 Å². The van der Waals surface area contributed by atoms with Crippen LogP contribution in [-0.4, -0.2) is 29.0 Å². The van der Waals surface area contributed by atoms with Gasteiger partial charge >= 0.3 is 0 Å². The van der Waals surface area contributed by atoms with Crippen LogP contribution in [0, 0.1) is 0 Å². The van der Waals surface area contributed by atoms with E-state index in [1.54, 1.807) is 43.6 Å². The molecule has 30 heavy (non-hydrogen) atoms. The molecule has 1 aromatic heterocycles. The third-order valence-electron chi connectivity index (χ3n) is 4.69. The topological polar surface area (TPSA) is 89.5 Å². The molecule has 1 aliphatic rings. The van der Waals surface area contributed by atoms with Gasteiger partial charge in [-0.05, 0) is 48.9 Å². The van der Waals surface area contributed by atoms with Crippen LogP contribution in [0.1, 0.15) is 22.8 Å². The number of benzene rings is 2. The number of para-hydroxylation sites is 2. The second-order valence-electron chi connectivity index (χ2n) is 6.92. The Morgan fingerprint density at radius 2 is 1.70 bits per heavy atom. The van der Waals surface area contributed by atoms with Crippen molar-refractivity contribution in [2.45, 2.75) is 25.7 Å². The first-order chi connectivity index (χ1) is 14.6. The zero-order valence-electron chi connectivity index (χ0n) is 16.4. The minimum Gasteiger partial charge on any atom is -0.482 e. The minimum absolute atomic E-state index is 0.223. The molecule has 2 unspecified atom stereocenters. The van der Waals surface area contributed by atoms with E-state index in [0.29, 0.717) is 29.3 Å². The Morgan fingerprint density at radius 1 is 0.967 bits per heavy atom. The molecule has 2 heterocycles. The Balaban J connectivity index is 1.37. The van der Waals surface area contributed by atoms with E-state index in [4.69, 9.17) is 9.47 Å². The predicted molar refractivity (Wildman–Crippen MR) is 111 cm³/mol. The van der Waals surface area contributed by atoms with Crippen molar-refractivity contribution in [1.29, 1.82) is 0 Å². The van der Waals surface area contributed by atoms with Crippen LogP contribution in [0.3, 0.4) is 0 Å². The third-order valence-corrected chi connectivity index (χ3v) is 4.69. The molecule has 0 radical (unpaired) electrons. The van der Waals surface area contributed by atoms with Crippen LogP contribution in [0.15, 0.2) is 73.1 Å². The number of anilines is 1. The van der Waals surface area contributed by atoms with E-state index in [1.165, 1.54) is 0 Å². The number of nitrogens with zero attached hydrogens (tertiary/aromatic N) is 1. The molecule has 0 bridgehead atoms. The van der Waals surface area contributed by atoms with Crippen LogP contribution < -0.4 is 20.1 Å². The van der Waals surface area contributed by atoms with Gasteiger partial charge < -0.3 is 20.1 Å². The molecule has 0 saturated heterocycles. The van der Waals surface area contributed by atoms with Crippen molar-refractivity contribution in [2.24, 2.45) is 0 Å². The summed E-state index contributed by atoms with van der Waals surface area (Å²) < 4.78 is 11.6. The quantitative estimate of drug-likeness (QED) is 0.683. The van der Waals surface area contributed by atoms with Gasteiger partial charge in [-0.3, -0.25) is 14.6 Å². The van der Waals surface area contributed by atoms with Crippen LogP contribution in [-0.2, 0) is 11.3 Å². The highest BCUT2D eigenvalue weighted by molar-refractivity contribution is 6.04. The summed E-state index contributed by atoms with van der Waals surface area (Å²) in [5.74, 6) is 0.699. The van der Waals surface area contributed by atoms with E-state index in [2.05, 4.69) is 15.6 Å². The zero-order valence-corrected chi connectivity index (χ0v) is 16.4. The third kappa shape index (κ3) is 4.41. The maximum Gasteiger partial charge on any atom is 0.265 e. The molecule has 0 saturated carbocycles. The van der Waals surface area contributed by atoms with E-state index in [9.17, 15) is 9.59 Å². The Morgan fingerprint density at radius 3 is 2.47 bits per heavy atom. The molecule has 2 N–H and O–H groups in total. The van der Waals surface area contributed by atoms with Crippen molar-refractivity contribution in [3.8, 4) is 11.5 Å². The number of carbonyl (C=O) groups excluding carboxylic acids is 2. The Hall–Kier alpha value is -3.87. The first kappa shape index (κ1) is 19.4. The Kier molecular flexibility index (Phi) is 5.61. The number of aromatic nitrogens is 1. The van der Waals surface area contributed by atoms with Gasteiger partial charge in [0.25, 0.3) is 11.8 Å². The first-order valence-corrected chi connectivity index (χ1v) is 9.60. The predicted octanol–water partition coefficient (Wildman–Crippen LogP) is 3.18. The van der Waals surface area contributed by atoms with Gasteiger partial charge in [0.2, 0.25) is 6.10 Å². The zero-order chi connectivity index (χ0) is 20.9. The molecule has 7 heteroatoms. The highest BCUT2D eigenvalue weighted by Crippen LogP contribution is 2.33. The van der Waals surface area contributed by atoms with E-state index in [0.717, 1.165) is 5.56 Å². The monoisotopic (exact) mass is 403 g/mol. The lowest BCUT2D eigenvalue weighted by molar-refractivity contribution is -0.133. The number of rotatable bonds is 5. The molecule has 0 spiro atoms. The molecular weight excluding hydrogens is 382 g/mol. The highest BCUT2D eigenvalue weighted by atomic mass is 16.6. The lowest BCUT2D eigenvalue weighted by atomic mass is 10.1. The second kappa shape index (κ2) is 8.65. The number of nitrogens with one attached hydrogen (secondary N) is 2. The van der Waals surface area contributed by atoms with Gasteiger partial charge in [0.1, 0.15) is 6.10 Å². The largest absolute Gasteiger partial charge is 0.482 e. The normalized spacial score (nSPS) is 17.1. The fraction of sp³-hybridized carbons (Fsp3) is 0.174. The van der Waals surface area contributed by atoms with Crippen molar-refractivity contribution < 1.29 is 19.1 Å². The number of hydrogen-bond donors (Lipinski definition) is 2. The van der Waals surface area contributed by atoms with Crippen molar-refractivity contribution in [3.63, 3.8) is 0 Å². The van der Waals surface area contributed by atoms with Gasteiger partial charge in [0.05, 0.1) is 0 Å². The molecule has 2 aromatic carbocycles. The number of carbonyl (C=O) groups is 2. The molecule has 2 amide bonds. The summed E-state index contributed by atoms with van der Waals surface area (Å²) in [7, 11) is 0. The van der Waals surface area contributed by atoms with Gasteiger partial charge in [0, 0.05) is 30.2 Å². The fourth-order valence-corrected chi connectivity index (χ4v) is 3.16. The van der Waals surface area contributed by atoms with Crippen LogP contribution in [0.2, 0.25) is 0 Å². The van der Waals surface area contributed by atoms with Gasteiger partial charge in [0.15, 0.2) is 11.5 Å². The molecule has 1 aliphatic heterocycles. The average Bonchev–Trinajstić information content (AvgIpc) is 2.78. The summed E-state index contributed by atoms with van der Waals surface area (Å²) in [6, 6.07) is 17.9. The average molecular weight is 403 g/mol. The maximum atomic E-state index is 12.6. The van der Waals surface area contributed by atoms with Crippen LogP contribution in [0.5, 0.6) is 11.5 Å². The fourth-order valence-electron chi connectivity index (χ4n) is 3.16. The highest BCUT2D eigenvalue weighted by Gasteiger charge is 2.33. The minimum atomic E-state index is -0.741. The van der Waals surface area contributed by atoms with Crippen LogP contribution in [0.25, 0.3) is 0 Å². The molecule has 0 aliphatic carbocycles. The lowest BCUT2D eigenvalue weighted by Gasteiger charge is -2.31. The number of fused-ring (bicyclic) bond motifs is 1. The Bertz CT molecular complexity index is 1060. The van der Waals surface area contributed by atoms with Crippen molar-refractivity contribution in [1.82, 2.24) is 10.3 Å². The molecule has 2 atom stereocenters. The van der Waals surface area contributed by atoms with E-state index < -0.39 is 12.2 Å². The number of amides is 2. The van der Waals surface area contributed by atoms with E-state index >= 15 is 0 Å². The van der Waals surface area contributed by atoms with Crippen molar-refractivity contribution in [3.05, 3.63) is 84.2 Å². The van der Waals surface area contributed by atoms with E-state index in [1.807, 2.05) is 36.4 Å². The molecule has 0 fully saturated rings. The molecule has 7 nitrogen and oxygen atoms in total.